The van der Waals surface area contributed by atoms with Crippen LogP contribution in [0.4, 0.5) is 9.18 Å². The fraction of sp³-hybridized carbons (Fsp3) is 0.346. The van der Waals surface area contributed by atoms with Gasteiger partial charge in [-0.15, -0.1) is 0 Å². The van der Waals surface area contributed by atoms with E-state index in [4.69, 9.17) is 21.1 Å². The molecule has 4 amide bonds. The number of piperidine rings is 1. The molecule has 0 saturated carbocycles. The van der Waals surface area contributed by atoms with E-state index >= 15 is 4.39 Å². The molecule has 10 nitrogen and oxygen atoms in total. The van der Waals surface area contributed by atoms with Crippen LogP contribution in [0.2, 0.25) is 5.02 Å². The molecule has 0 aliphatic carbocycles. The van der Waals surface area contributed by atoms with Gasteiger partial charge in [0.2, 0.25) is 5.91 Å². The third-order valence-corrected chi connectivity index (χ3v) is 6.44. The summed E-state index contributed by atoms with van der Waals surface area (Å²) in [6.45, 7) is 2.27. The molecule has 0 spiro atoms. The number of benzene rings is 2. The molecule has 0 aromatic heterocycles. The van der Waals surface area contributed by atoms with Crippen molar-refractivity contribution in [3.8, 4) is 0 Å². The number of nitrogens with one attached hydrogen (secondary N) is 1. The Morgan fingerprint density at radius 2 is 1.84 bits per heavy atom. The number of imide groups is 1. The number of halogens is 2. The van der Waals surface area contributed by atoms with Crippen molar-refractivity contribution >= 4 is 41.4 Å². The summed E-state index contributed by atoms with van der Waals surface area (Å²) < 4.78 is 25.1. The Balaban J connectivity index is 1.44. The van der Waals surface area contributed by atoms with Crippen LogP contribution in [0.5, 0.6) is 0 Å². The van der Waals surface area contributed by atoms with Crippen molar-refractivity contribution in [3.05, 3.63) is 69.5 Å². The summed E-state index contributed by atoms with van der Waals surface area (Å²) in [6.07, 6.45) is -1.50. The molecule has 38 heavy (non-hydrogen) atoms. The maximum absolute atomic E-state index is 15.4. The summed E-state index contributed by atoms with van der Waals surface area (Å²) in [5.74, 6) is -2.92. The van der Waals surface area contributed by atoms with Gasteiger partial charge in [-0.25, -0.2) is 14.1 Å². The van der Waals surface area contributed by atoms with Crippen molar-refractivity contribution in [2.45, 2.75) is 51.9 Å². The summed E-state index contributed by atoms with van der Waals surface area (Å²) in [7, 11) is 0. The Labute approximate surface area is 222 Å². The lowest BCUT2D eigenvalue weighted by Crippen LogP contribution is -2.55. The summed E-state index contributed by atoms with van der Waals surface area (Å²) in [4.78, 5) is 64.5. The van der Waals surface area contributed by atoms with E-state index in [1.165, 1.54) is 17.0 Å². The summed E-state index contributed by atoms with van der Waals surface area (Å²) in [6, 6.07) is 8.04. The molecule has 1 atom stereocenters. The van der Waals surface area contributed by atoms with E-state index in [1.807, 2.05) is 0 Å². The van der Waals surface area contributed by atoms with Crippen LogP contribution >= 0.6 is 11.6 Å². The van der Waals surface area contributed by atoms with Gasteiger partial charge in [-0.05, 0) is 50.6 Å². The predicted molar refractivity (Wildman–Crippen MR) is 131 cm³/mol. The zero-order valence-electron chi connectivity index (χ0n) is 20.7. The van der Waals surface area contributed by atoms with Crippen molar-refractivity contribution in [1.29, 1.82) is 0 Å². The van der Waals surface area contributed by atoms with Gasteiger partial charge < -0.3 is 19.7 Å². The predicted octanol–water partition coefficient (Wildman–Crippen LogP) is 3.40. The summed E-state index contributed by atoms with van der Waals surface area (Å²) in [5, 5.41) is 3.11. The lowest BCUT2D eigenvalue weighted by Gasteiger charge is -2.34. The first-order chi connectivity index (χ1) is 18.1. The topological polar surface area (TPSA) is 122 Å². The van der Waals surface area contributed by atoms with Crippen LogP contribution in [0.3, 0.4) is 0 Å². The smallest absolute Gasteiger partial charge is 0.432 e. The van der Waals surface area contributed by atoms with Gasteiger partial charge in [-0.3, -0.25) is 19.2 Å². The minimum atomic E-state index is -1.04. The molecule has 0 bridgehead atoms. The zero-order valence-corrected chi connectivity index (χ0v) is 21.4. The second-order valence-corrected chi connectivity index (χ2v) is 9.53. The Morgan fingerprint density at radius 3 is 2.53 bits per heavy atom. The molecule has 2 heterocycles. The molecule has 200 valence electrons. The molecule has 1 unspecified atom stereocenters. The van der Waals surface area contributed by atoms with Gasteiger partial charge in [0.25, 0.3) is 17.7 Å². The van der Waals surface area contributed by atoms with Gasteiger partial charge in [-0.2, -0.15) is 0 Å². The number of hydrogen-bond donors (Lipinski definition) is 1. The van der Waals surface area contributed by atoms with Crippen molar-refractivity contribution in [2.75, 3.05) is 6.73 Å². The molecular formula is C26H25ClFN3O7. The van der Waals surface area contributed by atoms with Gasteiger partial charge in [0.1, 0.15) is 11.9 Å². The number of ether oxygens (including phenoxy) is 2. The number of fused-ring (bicyclic) bond motifs is 1. The van der Waals surface area contributed by atoms with E-state index in [0.717, 1.165) is 4.90 Å². The second kappa shape index (κ2) is 11.2. The van der Waals surface area contributed by atoms with Crippen LogP contribution in [0, 0.1) is 5.82 Å². The van der Waals surface area contributed by atoms with E-state index in [2.05, 4.69) is 5.32 Å². The highest BCUT2D eigenvalue weighted by Crippen LogP contribution is 2.32. The number of nitrogens with zero attached hydrogens (tertiary/aromatic N) is 2. The number of carbonyl (C=O) groups excluding carboxylic acids is 5. The second-order valence-electron chi connectivity index (χ2n) is 9.09. The van der Waals surface area contributed by atoms with Gasteiger partial charge >= 0.3 is 6.16 Å². The third kappa shape index (κ3) is 5.62. The Hall–Kier alpha value is -3.99. The third-order valence-electron chi connectivity index (χ3n) is 6.19. The molecule has 1 fully saturated rings. The number of carbonyl (C=O) groups is 5. The van der Waals surface area contributed by atoms with Crippen LogP contribution in [0.1, 0.15) is 58.5 Å². The van der Waals surface area contributed by atoms with E-state index in [0.29, 0.717) is 10.6 Å². The normalized spacial score (nSPS) is 17.1. The van der Waals surface area contributed by atoms with E-state index in [9.17, 15) is 24.0 Å². The van der Waals surface area contributed by atoms with E-state index < -0.39 is 54.5 Å². The minimum Gasteiger partial charge on any atom is -0.432 e. The Bertz CT molecular complexity index is 1300. The summed E-state index contributed by atoms with van der Waals surface area (Å²) >= 11 is 5.83. The molecule has 12 heteroatoms. The number of hydrogen-bond acceptors (Lipinski definition) is 7. The Morgan fingerprint density at radius 1 is 1.13 bits per heavy atom. The van der Waals surface area contributed by atoms with Gasteiger partial charge in [0, 0.05) is 40.2 Å². The molecule has 2 aromatic rings. The fourth-order valence-corrected chi connectivity index (χ4v) is 4.40. The molecule has 2 aliphatic rings. The van der Waals surface area contributed by atoms with Crippen LogP contribution in [0.15, 0.2) is 36.4 Å². The first-order valence-electron chi connectivity index (χ1n) is 11.9. The van der Waals surface area contributed by atoms with Crippen LogP contribution < -0.4 is 5.32 Å². The molecule has 1 N–H and O–H groups in total. The monoisotopic (exact) mass is 545 g/mol. The largest absolute Gasteiger partial charge is 0.510 e. The first-order valence-corrected chi connectivity index (χ1v) is 12.3. The molecular weight excluding hydrogens is 521 g/mol. The van der Waals surface area contributed by atoms with E-state index in [1.54, 1.807) is 38.1 Å². The average molecular weight is 546 g/mol. The van der Waals surface area contributed by atoms with Gasteiger partial charge in [0.05, 0.1) is 12.6 Å². The molecule has 2 aromatic carbocycles. The quantitative estimate of drug-likeness (QED) is 0.418. The van der Waals surface area contributed by atoms with E-state index in [-0.39, 0.29) is 42.6 Å². The van der Waals surface area contributed by atoms with Crippen molar-refractivity contribution in [3.63, 3.8) is 0 Å². The molecule has 0 radical (unpaired) electrons. The highest BCUT2D eigenvalue weighted by Gasteiger charge is 2.44. The average Bonchev–Trinajstić information content (AvgIpc) is 3.20. The van der Waals surface area contributed by atoms with Crippen LogP contribution in [-0.2, 0) is 32.2 Å². The number of amides is 4. The Kier molecular flexibility index (Phi) is 7.96. The molecule has 4 rings (SSSR count). The van der Waals surface area contributed by atoms with Gasteiger partial charge in [-0.1, -0.05) is 17.7 Å². The molecule has 1 saturated heterocycles. The van der Waals surface area contributed by atoms with Crippen molar-refractivity contribution < 1.29 is 37.8 Å². The fourth-order valence-electron chi connectivity index (χ4n) is 4.28. The number of likely N-dealkylation sites (tertiary alicyclic amines) is 1. The van der Waals surface area contributed by atoms with Crippen molar-refractivity contribution in [2.24, 2.45) is 0 Å². The van der Waals surface area contributed by atoms with Crippen molar-refractivity contribution in [1.82, 2.24) is 15.1 Å². The lowest BCUT2D eigenvalue weighted by atomic mass is 10.0. The standard InChI is InChI=1S/C26H25ClFN3O7/c1-14(2)38-26(36)37-13-31-21(32)10-9-20(25(31)35)30-12-19-18(24(30)34)8-5-16(22(19)28)11-29-23(33)15-3-6-17(27)7-4-15/h3-8,14,20H,9-13H2,1-2H3,(H,29,33). The maximum atomic E-state index is 15.4. The SMILES string of the molecule is CC(C)OC(=O)OCN1C(=O)CCC(N2Cc3c(ccc(CNC(=O)c4ccc(Cl)cc4)c3F)C2=O)C1=O. The summed E-state index contributed by atoms with van der Waals surface area (Å²) in [5.41, 5.74) is 0.725. The molecule has 2 aliphatic heterocycles. The van der Waals surface area contributed by atoms with Crippen LogP contribution in [0.25, 0.3) is 0 Å². The first kappa shape index (κ1) is 27.1. The van der Waals surface area contributed by atoms with Gasteiger partial charge in [0.15, 0.2) is 6.73 Å². The lowest BCUT2D eigenvalue weighted by molar-refractivity contribution is -0.157. The highest BCUT2D eigenvalue weighted by atomic mass is 35.5. The maximum Gasteiger partial charge on any atom is 0.510 e. The number of rotatable bonds is 7. The highest BCUT2D eigenvalue weighted by molar-refractivity contribution is 6.30. The van der Waals surface area contributed by atoms with Crippen LogP contribution in [-0.4, -0.2) is 58.5 Å². The zero-order chi connectivity index (χ0) is 27.6. The minimum absolute atomic E-state index is 0.0515.